The van der Waals surface area contributed by atoms with Crippen LogP contribution in [0.2, 0.25) is 9.38 Å². The molecule has 2 aromatic rings. The fraction of sp³-hybridized carbons (Fsp3) is 0.500. The van der Waals surface area contributed by atoms with Gasteiger partial charge in [-0.1, -0.05) is 0 Å². The third kappa shape index (κ3) is 3.72. The molecule has 3 rings (SSSR count). The summed E-state index contributed by atoms with van der Waals surface area (Å²) in [6, 6.07) is 6.75. The van der Waals surface area contributed by atoms with Crippen LogP contribution in [-0.2, 0) is 9.47 Å². The van der Waals surface area contributed by atoms with Gasteiger partial charge in [0.2, 0.25) is 0 Å². The van der Waals surface area contributed by atoms with Crippen molar-refractivity contribution >= 4 is 45.3 Å². The van der Waals surface area contributed by atoms with Crippen molar-refractivity contribution in [1.29, 1.82) is 0 Å². The number of unbranched alkanes of at least 4 members (excludes halogenated alkanes) is 1. The van der Waals surface area contributed by atoms with Gasteiger partial charge in [-0.15, -0.1) is 0 Å². The molecule has 5 heteroatoms. The Balaban J connectivity index is 1.91. The van der Waals surface area contributed by atoms with E-state index in [1.54, 1.807) is 2.89 Å². The van der Waals surface area contributed by atoms with Gasteiger partial charge in [0.1, 0.15) is 0 Å². The molecule has 0 aromatic carbocycles. The van der Waals surface area contributed by atoms with E-state index in [2.05, 4.69) is 35.4 Å². The average Bonchev–Trinajstić information content (AvgIpc) is 3.23. The molecule has 0 N–H and O–H groups in total. The molecule has 0 aliphatic carbocycles. The number of ether oxygens (including phenoxy) is 2. The van der Waals surface area contributed by atoms with Crippen molar-refractivity contribution in [3.05, 3.63) is 29.1 Å². The van der Waals surface area contributed by atoms with Crippen molar-refractivity contribution in [2.45, 2.75) is 35.4 Å². The Hall–Kier alpha value is 0.119. The van der Waals surface area contributed by atoms with Crippen molar-refractivity contribution in [1.82, 2.24) is 0 Å². The van der Waals surface area contributed by atoms with Gasteiger partial charge in [-0.3, -0.25) is 0 Å². The summed E-state index contributed by atoms with van der Waals surface area (Å²) in [6.07, 6.45) is 2.55. The Morgan fingerprint density at radius 3 is 2.81 bits per heavy atom. The summed E-state index contributed by atoms with van der Waals surface area (Å²) >= 11 is 2.27. The maximum atomic E-state index is 5.76. The van der Waals surface area contributed by atoms with E-state index in [9.17, 15) is 0 Å². The van der Waals surface area contributed by atoms with Gasteiger partial charge in [0.05, 0.1) is 0 Å². The molecule has 0 bridgehead atoms. The Labute approximate surface area is 141 Å². The van der Waals surface area contributed by atoms with E-state index in [4.69, 9.17) is 9.47 Å². The Morgan fingerprint density at radius 1 is 1.33 bits per heavy atom. The normalized spacial score (nSPS) is 17.4. The molecule has 0 radical (unpaired) electrons. The van der Waals surface area contributed by atoms with Crippen molar-refractivity contribution in [3.8, 4) is 9.75 Å². The van der Waals surface area contributed by atoms with Crippen LogP contribution < -0.4 is 2.89 Å². The summed E-state index contributed by atoms with van der Waals surface area (Å²) in [5.74, 6) is 0. The first-order valence-electron chi connectivity index (χ1n) is 7.70. The summed E-state index contributed by atoms with van der Waals surface area (Å²) < 4.78 is 14.7. The standard InChI is InChI=1S/C11H9O2S2.C4H9.CH3.Sn.H/c1-2-9(14-6-1)10-8(3-7-15-10)11-12-4-5-13-11;1-3-4-2;;;/h1-3,6,11H,4-5H2;1,3-4H2,2H3;1H3;;. The second kappa shape index (κ2) is 7.59. The van der Waals surface area contributed by atoms with Crippen LogP contribution in [0.3, 0.4) is 0 Å². The number of hydrogen-bond acceptors (Lipinski definition) is 4. The van der Waals surface area contributed by atoms with E-state index >= 15 is 0 Å². The van der Waals surface area contributed by atoms with Crippen molar-refractivity contribution in [3.63, 3.8) is 0 Å². The minimum absolute atomic E-state index is 0.142. The molecule has 2 nitrogen and oxygen atoms in total. The van der Waals surface area contributed by atoms with E-state index in [1.807, 2.05) is 22.7 Å². The third-order valence-corrected chi connectivity index (χ3v) is 16.5. The predicted octanol–water partition coefficient (Wildman–Crippen LogP) is 4.39. The number of thiophene rings is 2. The van der Waals surface area contributed by atoms with Crippen molar-refractivity contribution in [2.75, 3.05) is 13.2 Å². The Bertz CT molecular complexity index is 559. The van der Waals surface area contributed by atoms with Crippen LogP contribution in [0.1, 0.15) is 31.6 Å². The SMILES string of the molecule is CCC[CH2][SnH]([CH3])[c]1cc(C2OCCO2)c(-c2cccs2)s1. The molecular formula is C16H22O2S2Sn. The molecule has 114 valence electrons. The van der Waals surface area contributed by atoms with E-state index in [0.29, 0.717) is 13.2 Å². The molecule has 1 aliphatic heterocycles. The third-order valence-electron chi connectivity index (χ3n) is 3.88. The quantitative estimate of drug-likeness (QED) is 0.635. The Kier molecular flexibility index (Phi) is 5.78. The molecule has 1 saturated heterocycles. The molecule has 1 unspecified atom stereocenters. The van der Waals surface area contributed by atoms with Crippen LogP contribution in [0.15, 0.2) is 23.6 Å². The molecule has 0 amide bonds. The summed E-state index contributed by atoms with van der Waals surface area (Å²) in [7, 11) is 0. The van der Waals surface area contributed by atoms with Gasteiger partial charge in [-0.25, -0.2) is 0 Å². The van der Waals surface area contributed by atoms with Crippen LogP contribution in [0.25, 0.3) is 9.75 Å². The van der Waals surface area contributed by atoms with Gasteiger partial charge in [0.25, 0.3) is 0 Å². The van der Waals surface area contributed by atoms with Gasteiger partial charge in [0, 0.05) is 0 Å². The second-order valence-corrected chi connectivity index (χ2v) is 17.3. The van der Waals surface area contributed by atoms with Crippen molar-refractivity contribution in [2.24, 2.45) is 0 Å². The molecule has 2 aromatic heterocycles. The summed E-state index contributed by atoms with van der Waals surface area (Å²) in [5.41, 5.74) is 1.27. The fourth-order valence-corrected chi connectivity index (χ4v) is 13.2. The van der Waals surface area contributed by atoms with E-state index in [0.717, 1.165) is 0 Å². The summed E-state index contributed by atoms with van der Waals surface area (Å²) in [6.45, 7) is 3.72. The van der Waals surface area contributed by atoms with Crippen LogP contribution in [0.5, 0.6) is 0 Å². The zero-order valence-corrected chi connectivity index (χ0v) is 17.6. The van der Waals surface area contributed by atoms with E-state index in [1.165, 1.54) is 32.6 Å². The molecule has 0 spiro atoms. The Morgan fingerprint density at radius 2 is 2.14 bits per heavy atom. The van der Waals surface area contributed by atoms with Gasteiger partial charge in [0.15, 0.2) is 0 Å². The molecule has 21 heavy (non-hydrogen) atoms. The molecule has 1 fully saturated rings. The molecule has 0 saturated carbocycles. The van der Waals surface area contributed by atoms with Gasteiger partial charge < -0.3 is 0 Å². The first-order valence-corrected chi connectivity index (χ1v) is 16.7. The van der Waals surface area contributed by atoms with Crippen LogP contribution >= 0.6 is 22.7 Å². The van der Waals surface area contributed by atoms with E-state index in [-0.39, 0.29) is 6.29 Å². The zero-order chi connectivity index (χ0) is 14.7. The van der Waals surface area contributed by atoms with Crippen LogP contribution in [-0.4, -0.2) is 33.0 Å². The van der Waals surface area contributed by atoms with Gasteiger partial charge in [-0.05, 0) is 0 Å². The topological polar surface area (TPSA) is 18.5 Å². The zero-order valence-electron chi connectivity index (χ0n) is 12.6. The first-order chi connectivity index (χ1) is 10.3. The van der Waals surface area contributed by atoms with Crippen LogP contribution in [0, 0.1) is 0 Å². The number of hydrogen-bond donors (Lipinski definition) is 0. The van der Waals surface area contributed by atoms with Crippen LogP contribution in [0.4, 0.5) is 0 Å². The predicted molar refractivity (Wildman–Crippen MR) is 94.6 cm³/mol. The van der Waals surface area contributed by atoms with Gasteiger partial charge in [-0.2, -0.15) is 0 Å². The maximum absolute atomic E-state index is 5.76. The molecule has 1 aliphatic rings. The molecule has 3 heterocycles. The minimum atomic E-state index is -1.56. The fourth-order valence-electron chi connectivity index (χ4n) is 2.63. The van der Waals surface area contributed by atoms with Crippen molar-refractivity contribution < 1.29 is 9.47 Å². The molecule has 1 atom stereocenters. The summed E-state index contributed by atoms with van der Waals surface area (Å²) in [5, 5.41) is 2.15. The average molecular weight is 429 g/mol. The van der Waals surface area contributed by atoms with E-state index < -0.39 is 19.8 Å². The first kappa shape index (κ1) is 16.0. The van der Waals surface area contributed by atoms with Gasteiger partial charge >= 0.3 is 142 Å². The monoisotopic (exact) mass is 430 g/mol. The molecular weight excluding hydrogens is 407 g/mol. The summed E-state index contributed by atoms with van der Waals surface area (Å²) in [4.78, 5) is 5.28. The second-order valence-electron chi connectivity index (χ2n) is 5.53. The number of rotatable bonds is 6.